The Hall–Kier alpha value is -1.46. The van der Waals surface area contributed by atoms with Gasteiger partial charge < -0.3 is 10.1 Å². The Kier molecular flexibility index (Phi) is 6.80. The molecule has 1 N–H and O–H groups in total. The number of aromatic nitrogens is 1. The highest BCUT2D eigenvalue weighted by Gasteiger charge is 2.27. The van der Waals surface area contributed by atoms with Crippen LogP contribution in [0.4, 0.5) is 0 Å². The molecule has 0 aliphatic carbocycles. The van der Waals surface area contributed by atoms with Crippen molar-refractivity contribution in [3.05, 3.63) is 30.1 Å². The molecule has 2 rings (SSSR count). The van der Waals surface area contributed by atoms with E-state index in [1.165, 1.54) is 0 Å². The van der Waals surface area contributed by atoms with Crippen molar-refractivity contribution in [1.82, 2.24) is 15.2 Å². The minimum Gasteiger partial charge on any atom is -0.379 e. The molecule has 1 saturated heterocycles. The summed E-state index contributed by atoms with van der Waals surface area (Å²) >= 11 is 0. The smallest absolute Gasteiger partial charge is 0.251 e. The number of pyridine rings is 1. The maximum Gasteiger partial charge on any atom is 0.251 e. The molecule has 22 heavy (non-hydrogen) atoms. The SMILES string of the molecule is CCC(CC)C(CNC(=O)c1ccncc1)N1CCOCC1. The van der Waals surface area contributed by atoms with Crippen molar-refractivity contribution >= 4 is 5.91 Å². The van der Waals surface area contributed by atoms with Gasteiger partial charge in [0, 0.05) is 43.6 Å². The van der Waals surface area contributed by atoms with Crippen LogP contribution in [0, 0.1) is 5.92 Å². The van der Waals surface area contributed by atoms with Crippen LogP contribution in [0.3, 0.4) is 0 Å². The molecule has 0 radical (unpaired) electrons. The Morgan fingerprint density at radius 2 is 1.91 bits per heavy atom. The van der Waals surface area contributed by atoms with Gasteiger partial charge in [-0.2, -0.15) is 0 Å². The lowest BCUT2D eigenvalue weighted by Gasteiger charge is -2.38. The van der Waals surface area contributed by atoms with Crippen LogP contribution >= 0.6 is 0 Å². The van der Waals surface area contributed by atoms with Gasteiger partial charge in [-0.05, 0) is 18.1 Å². The highest BCUT2D eigenvalue weighted by molar-refractivity contribution is 5.93. The van der Waals surface area contributed by atoms with Crippen LogP contribution in [0.5, 0.6) is 0 Å². The third-order valence-electron chi connectivity index (χ3n) is 4.52. The van der Waals surface area contributed by atoms with Crippen molar-refractivity contribution < 1.29 is 9.53 Å². The van der Waals surface area contributed by atoms with Crippen molar-refractivity contribution in [2.75, 3.05) is 32.8 Å². The monoisotopic (exact) mass is 305 g/mol. The van der Waals surface area contributed by atoms with Gasteiger partial charge in [-0.15, -0.1) is 0 Å². The Morgan fingerprint density at radius 3 is 2.50 bits per heavy atom. The van der Waals surface area contributed by atoms with Crippen molar-refractivity contribution in [1.29, 1.82) is 0 Å². The number of amides is 1. The molecule has 0 bridgehead atoms. The highest BCUT2D eigenvalue weighted by atomic mass is 16.5. The molecule has 1 aliphatic heterocycles. The fourth-order valence-electron chi connectivity index (χ4n) is 3.14. The summed E-state index contributed by atoms with van der Waals surface area (Å²) in [6, 6.07) is 3.87. The van der Waals surface area contributed by atoms with Gasteiger partial charge in [0.2, 0.25) is 0 Å². The van der Waals surface area contributed by atoms with Crippen LogP contribution in [-0.2, 0) is 4.74 Å². The van der Waals surface area contributed by atoms with Crippen LogP contribution < -0.4 is 5.32 Å². The molecule has 1 aliphatic rings. The van der Waals surface area contributed by atoms with Crippen molar-refractivity contribution in [3.8, 4) is 0 Å². The Balaban J connectivity index is 1.98. The van der Waals surface area contributed by atoms with Gasteiger partial charge in [0.1, 0.15) is 0 Å². The Morgan fingerprint density at radius 1 is 1.27 bits per heavy atom. The van der Waals surface area contributed by atoms with E-state index in [1.54, 1.807) is 24.5 Å². The normalized spacial score (nSPS) is 17.4. The molecule has 1 aromatic rings. The second kappa shape index (κ2) is 8.86. The van der Waals surface area contributed by atoms with Gasteiger partial charge in [0.25, 0.3) is 5.91 Å². The van der Waals surface area contributed by atoms with Crippen LogP contribution in [0.25, 0.3) is 0 Å². The first-order valence-electron chi connectivity index (χ1n) is 8.26. The summed E-state index contributed by atoms with van der Waals surface area (Å²) in [6.07, 6.45) is 5.55. The number of nitrogens with zero attached hydrogens (tertiary/aromatic N) is 2. The largest absolute Gasteiger partial charge is 0.379 e. The number of hydrogen-bond donors (Lipinski definition) is 1. The van der Waals surface area contributed by atoms with E-state index in [4.69, 9.17) is 4.74 Å². The van der Waals surface area contributed by atoms with E-state index >= 15 is 0 Å². The molecule has 1 amide bonds. The molecule has 1 atom stereocenters. The van der Waals surface area contributed by atoms with Gasteiger partial charge in [-0.25, -0.2) is 0 Å². The first-order valence-corrected chi connectivity index (χ1v) is 8.26. The fraction of sp³-hybridized carbons (Fsp3) is 0.647. The van der Waals surface area contributed by atoms with Gasteiger partial charge in [0.05, 0.1) is 13.2 Å². The van der Waals surface area contributed by atoms with E-state index in [9.17, 15) is 4.79 Å². The fourth-order valence-corrected chi connectivity index (χ4v) is 3.14. The number of rotatable bonds is 7. The molecule has 122 valence electrons. The molecule has 2 heterocycles. The number of nitrogens with one attached hydrogen (secondary N) is 1. The summed E-state index contributed by atoms with van der Waals surface area (Å²) in [7, 11) is 0. The maximum atomic E-state index is 12.2. The van der Waals surface area contributed by atoms with Crippen molar-refractivity contribution in [3.63, 3.8) is 0 Å². The van der Waals surface area contributed by atoms with Gasteiger partial charge in [0.15, 0.2) is 0 Å². The van der Waals surface area contributed by atoms with E-state index in [2.05, 4.69) is 29.0 Å². The first-order chi connectivity index (χ1) is 10.8. The topological polar surface area (TPSA) is 54.5 Å². The number of ether oxygens (including phenoxy) is 1. The lowest BCUT2D eigenvalue weighted by Crippen LogP contribution is -2.52. The predicted octanol–water partition coefficient (Wildman–Crippen LogP) is 1.95. The lowest BCUT2D eigenvalue weighted by molar-refractivity contribution is 0.00191. The zero-order valence-electron chi connectivity index (χ0n) is 13.6. The average molecular weight is 305 g/mol. The number of hydrogen-bond acceptors (Lipinski definition) is 4. The average Bonchev–Trinajstić information content (AvgIpc) is 2.60. The second-order valence-electron chi connectivity index (χ2n) is 5.74. The lowest BCUT2D eigenvalue weighted by atomic mass is 9.92. The van der Waals surface area contributed by atoms with Gasteiger partial charge >= 0.3 is 0 Å². The minimum absolute atomic E-state index is 0.0217. The van der Waals surface area contributed by atoms with E-state index in [1.807, 2.05) is 0 Å². The zero-order valence-corrected chi connectivity index (χ0v) is 13.6. The molecular weight excluding hydrogens is 278 g/mol. The molecule has 1 fully saturated rings. The molecule has 0 aromatic carbocycles. The molecule has 5 heteroatoms. The number of morpholine rings is 1. The zero-order chi connectivity index (χ0) is 15.8. The summed E-state index contributed by atoms with van der Waals surface area (Å²) in [5.41, 5.74) is 0.667. The molecule has 0 spiro atoms. The molecule has 1 unspecified atom stereocenters. The number of carbonyl (C=O) groups is 1. The Labute approximate surface area is 133 Å². The van der Waals surface area contributed by atoms with Crippen LogP contribution in [-0.4, -0.2) is 54.7 Å². The standard InChI is InChI=1S/C17H27N3O2/c1-3-14(4-2)16(20-9-11-22-12-10-20)13-19-17(21)15-5-7-18-8-6-15/h5-8,14,16H,3-4,9-13H2,1-2H3,(H,19,21). The van der Waals surface area contributed by atoms with E-state index in [-0.39, 0.29) is 5.91 Å². The number of carbonyl (C=O) groups excluding carboxylic acids is 1. The minimum atomic E-state index is -0.0217. The molecule has 0 saturated carbocycles. The van der Waals surface area contributed by atoms with Crippen molar-refractivity contribution in [2.45, 2.75) is 32.7 Å². The molecule has 1 aromatic heterocycles. The summed E-state index contributed by atoms with van der Waals surface area (Å²) in [5, 5.41) is 3.10. The second-order valence-corrected chi connectivity index (χ2v) is 5.74. The third kappa shape index (κ3) is 4.52. The summed E-state index contributed by atoms with van der Waals surface area (Å²) in [4.78, 5) is 18.7. The van der Waals surface area contributed by atoms with Crippen molar-refractivity contribution in [2.24, 2.45) is 5.92 Å². The van der Waals surface area contributed by atoms with Crippen LogP contribution in [0.15, 0.2) is 24.5 Å². The van der Waals surface area contributed by atoms with Crippen LogP contribution in [0.1, 0.15) is 37.0 Å². The summed E-state index contributed by atoms with van der Waals surface area (Å²) < 4.78 is 5.46. The van der Waals surface area contributed by atoms with E-state index < -0.39 is 0 Å². The molecule has 5 nitrogen and oxygen atoms in total. The summed E-state index contributed by atoms with van der Waals surface area (Å²) in [5.74, 6) is 0.572. The predicted molar refractivity (Wildman–Crippen MR) is 86.8 cm³/mol. The molecular formula is C17H27N3O2. The quantitative estimate of drug-likeness (QED) is 0.836. The maximum absolute atomic E-state index is 12.2. The third-order valence-corrected chi connectivity index (χ3v) is 4.52. The van der Waals surface area contributed by atoms with E-state index in [0.29, 0.717) is 24.1 Å². The Bertz CT molecular complexity index is 442. The van der Waals surface area contributed by atoms with Gasteiger partial charge in [-0.1, -0.05) is 26.7 Å². The van der Waals surface area contributed by atoms with Crippen LogP contribution in [0.2, 0.25) is 0 Å². The highest BCUT2D eigenvalue weighted by Crippen LogP contribution is 2.19. The van der Waals surface area contributed by atoms with E-state index in [0.717, 1.165) is 39.1 Å². The summed E-state index contributed by atoms with van der Waals surface area (Å²) in [6.45, 7) is 8.62. The van der Waals surface area contributed by atoms with Gasteiger partial charge in [-0.3, -0.25) is 14.7 Å². The first kappa shape index (κ1) is 16.9.